The van der Waals surface area contributed by atoms with Crippen molar-refractivity contribution in [1.29, 1.82) is 0 Å². The van der Waals surface area contributed by atoms with Gasteiger partial charge in [0.15, 0.2) is 0 Å². The summed E-state index contributed by atoms with van der Waals surface area (Å²) in [5, 5.41) is 3.69. The van der Waals surface area contributed by atoms with Gasteiger partial charge in [-0.3, -0.25) is 4.79 Å². The van der Waals surface area contributed by atoms with Crippen molar-refractivity contribution in [2.45, 2.75) is 44.7 Å². The maximum atomic E-state index is 12.2. The Morgan fingerprint density at radius 2 is 2.11 bits per heavy atom. The van der Waals surface area contributed by atoms with Gasteiger partial charge in [0, 0.05) is 22.7 Å². The minimum Gasteiger partial charge on any atom is -0.348 e. The van der Waals surface area contributed by atoms with E-state index in [0.717, 1.165) is 31.2 Å². The molecule has 4 heteroatoms. The third-order valence-electron chi connectivity index (χ3n) is 3.57. The first kappa shape index (κ1) is 13.4. The van der Waals surface area contributed by atoms with Crippen LogP contribution in [0.4, 0.5) is 0 Å². The van der Waals surface area contributed by atoms with Gasteiger partial charge < -0.3 is 11.1 Å². The Kier molecular flexibility index (Phi) is 4.25. The van der Waals surface area contributed by atoms with Crippen molar-refractivity contribution < 1.29 is 4.79 Å². The van der Waals surface area contributed by atoms with Crippen LogP contribution < -0.4 is 11.1 Å². The first-order valence-electron chi connectivity index (χ1n) is 6.40. The summed E-state index contributed by atoms with van der Waals surface area (Å²) in [5.74, 6) is -0.0495. The molecule has 18 heavy (non-hydrogen) atoms. The van der Waals surface area contributed by atoms with Crippen LogP contribution in [-0.2, 0) is 0 Å². The van der Waals surface area contributed by atoms with E-state index in [9.17, 15) is 4.79 Å². The van der Waals surface area contributed by atoms with Crippen molar-refractivity contribution in [2.24, 2.45) is 5.73 Å². The molecule has 1 fully saturated rings. The van der Waals surface area contributed by atoms with Gasteiger partial charge in [0.2, 0.25) is 0 Å². The van der Waals surface area contributed by atoms with Crippen LogP contribution in [0.2, 0.25) is 5.02 Å². The Balaban J connectivity index is 2.07. The van der Waals surface area contributed by atoms with Gasteiger partial charge in [-0.2, -0.15) is 0 Å². The zero-order chi connectivity index (χ0) is 13.1. The van der Waals surface area contributed by atoms with E-state index in [1.165, 1.54) is 0 Å². The summed E-state index contributed by atoms with van der Waals surface area (Å²) in [4.78, 5) is 12.2. The number of benzene rings is 1. The zero-order valence-corrected chi connectivity index (χ0v) is 11.3. The van der Waals surface area contributed by atoms with Crippen molar-refractivity contribution >= 4 is 17.5 Å². The van der Waals surface area contributed by atoms with E-state index in [0.29, 0.717) is 10.6 Å². The van der Waals surface area contributed by atoms with Gasteiger partial charge in [0.1, 0.15) is 0 Å². The molecule has 0 saturated heterocycles. The minimum atomic E-state index is -0.0495. The number of hydrogen-bond acceptors (Lipinski definition) is 2. The Morgan fingerprint density at radius 3 is 2.78 bits per heavy atom. The Bertz CT molecular complexity index is 447. The molecule has 2 rings (SSSR count). The first-order valence-corrected chi connectivity index (χ1v) is 6.78. The van der Waals surface area contributed by atoms with E-state index >= 15 is 0 Å². The molecule has 2 atom stereocenters. The van der Waals surface area contributed by atoms with Gasteiger partial charge in [-0.15, -0.1) is 0 Å². The molecule has 0 aromatic heterocycles. The van der Waals surface area contributed by atoms with Crippen molar-refractivity contribution in [3.8, 4) is 0 Å². The van der Waals surface area contributed by atoms with Gasteiger partial charge in [-0.25, -0.2) is 0 Å². The highest BCUT2D eigenvalue weighted by Crippen LogP contribution is 2.19. The van der Waals surface area contributed by atoms with Crippen LogP contribution in [0.1, 0.15) is 41.6 Å². The smallest absolute Gasteiger partial charge is 0.251 e. The number of carbonyl (C=O) groups is 1. The molecule has 1 aliphatic carbocycles. The highest BCUT2D eigenvalue weighted by atomic mass is 35.5. The lowest BCUT2D eigenvalue weighted by Crippen LogP contribution is -2.49. The molecule has 0 bridgehead atoms. The SMILES string of the molecule is Cc1cc(Cl)ccc1C(=O)N[C@@H]1CCCC[C@H]1N. The number of nitrogens with one attached hydrogen (secondary N) is 1. The highest BCUT2D eigenvalue weighted by molar-refractivity contribution is 6.30. The zero-order valence-electron chi connectivity index (χ0n) is 10.6. The van der Waals surface area contributed by atoms with E-state index in [-0.39, 0.29) is 18.0 Å². The van der Waals surface area contributed by atoms with Crippen molar-refractivity contribution in [3.63, 3.8) is 0 Å². The first-order chi connectivity index (χ1) is 8.58. The number of carbonyl (C=O) groups excluding carboxylic acids is 1. The predicted octanol–water partition coefficient (Wildman–Crippen LogP) is 2.65. The standard InChI is InChI=1S/C14H19ClN2O/c1-9-8-10(15)6-7-11(9)14(18)17-13-5-3-2-4-12(13)16/h6-8,12-13H,2-5,16H2,1H3,(H,17,18)/t12-,13-/m1/s1. The average molecular weight is 267 g/mol. The van der Waals surface area contributed by atoms with Crippen LogP contribution in [0.25, 0.3) is 0 Å². The fraction of sp³-hybridized carbons (Fsp3) is 0.500. The quantitative estimate of drug-likeness (QED) is 0.865. The fourth-order valence-corrected chi connectivity index (χ4v) is 2.69. The lowest BCUT2D eigenvalue weighted by Gasteiger charge is -2.29. The molecule has 0 radical (unpaired) electrons. The minimum absolute atomic E-state index is 0.0495. The van der Waals surface area contributed by atoms with Gasteiger partial charge >= 0.3 is 0 Å². The highest BCUT2D eigenvalue weighted by Gasteiger charge is 2.24. The van der Waals surface area contributed by atoms with E-state index in [2.05, 4.69) is 5.32 Å². The third-order valence-corrected chi connectivity index (χ3v) is 3.80. The number of amides is 1. The molecule has 1 aromatic rings. The molecule has 1 amide bonds. The average Bonchev–Trinajstić information content (AvgIpc) is 2.32. The largest absolute Gasteiger partial charge is 0.348 e. The summed E-state index contributed by atoms with van der Waals surface area (Å²) >= 11 is 5.88. The lowest BCUT2D eigenvalue weighted by molar-refractivity contribution is 0.0920. The molecule has 1 aliphatic rings. The van der Waals surface area contributed by atoms with Crippen molar-refractivity contribution in [1.82, 2.24) is 5.32 Å². The second kappa shape index (κ2) is 5.72. The van der Waals surface area contributed by atoms with Crippen LogP contribution in [0, 0.1) is 6.92 Å². The maximum absolute atomic E-state index is 12.2. The van der Waals surface area contributed by atoms with Crippen LogP contribution >= 0.6 is 11.6 Å². The van der Waals surface area contributed by atoms with Gasteiger partial charge in [-0.05, 0) is 43.5 Å². The Morgan fingerprint density at radius 1 is 1.39 bits per heavy atom. The van der Waals surface area contributed by atoms with E-state index < -0.39 is 0 Å². The summed E-state index contributed by atoms with van der Waals surface area (Å²) in [6.07, 6.45) is 4.26. The normalized spacial score (nSPS) is 23.7. The number of hydrogen-bond donors (Lipinski definition) is 2. The van der Waals surface area contributed by atoms with Gasteiger partial charge in [-0.1, -0.05) is 24.4 Å². The topological polar surface area (TPSA) is 55.1 Å². The number of aryl methyl sites for hydroxylation is 1. The number of rotatable bonds is 2. The van der Waals surface area contributed by atoms with Crippen LogP contribution in [0.3, 0.4) is 0 Å². The summed E-state index contributed by atoms with van der Waals surface area (Å²) in [7, 11) is 0. The van der Waals surface area contributed by atoms with Crippen LogP contribution in [0.15, 0.2) is 18.2 Å². The Hall–Kier alpha value is -1.06. The molecule has 0 unspecified atom stereocenters. The Labute approximate surface area is 113 Å². The summed E-state index contributed by atoms with van der Waals surface area (Å²) < 4.78 is 0. The summed E-state index contributed by atoms with van der Waals surface area (Å²) in [5.41, 5.74) is 7.60. The fourth-order valence-electron chi connectivity index (χ4n) is 2.47. The number of halogens is 1. The van der Waals surface area contributed by atoms with Crippen LogP contribution in [0.5, 0.6) is 0 Å². The third kappa shape index (κ3) is 3.03. The molecule has 0 heterocycles. The lowest BCUT2D eigenvalue weighted by atomic mass is 9.90. The molecule has 3 N–H and O–H groups in total. The summed E-state index contributed by atoms with van der Waals surface area (Å²) in [6.45, 7) is 1.89. The maximum Gasteiger partial charge on any atom is 0.251 e. The molecule has 98 valence electrons. The van der Waals surface area contributed by atoms with E-state index in [1.54, 1.807) is 18.2 Å². The molecule has 0 aliphatic heterocycles. The number of nitrogens with two attached hydrogens (primary N) is 1. The second-order valence-corrected chi connectivity index (χ2v) is 5.42. The van der Waals surface area contributed by atoms with E-state index in [4.69, 9.17) is 17.3 Å². The van der Waals surface area contributed by atoms with Crippen molar-refractivity contribution in [3.05, 3.63) is 34.3 Å². The molecule has 0 spiro atoms. The van der Waals surface area contributed by atoms with Gasteiger partial charge in [0.05, 0.1) is 0 Å². The van der Waals surface area contributed by atoms with Crippen molar-refractivity contribution in [2.75, 3.05) is 0 Å². The molecular weight excluding hydrogens is 248 g/mol. The predicted molar refractivity (Wildman–Crippen MR) is 73.9 cm³/mol. The molecule has 1 saturated carbocycles. The monoisotopic (exact) mass is 266 g/mol. The van der Waals surface area contributed by atoms with Gasteiger partial charge in [0.25, 0.3) is 5.91 Å². The molecule has 3 nitrogen and oxygen atoms in total. The molecular formula is C14H19ClN2O. The van der Waals surface area contributed by atoms with Crippen LogP contribution in [-0.4, -0.2) is 18.0 Å². The molecule has 1 aromatic carbocycles. The second-order valence-electron chi connectivity index (χ2n) is 4.99. The summed E-state index contributed by atoms with van der Waals surface area (Å²) in [6, 6.07) is 5.49. The van der Waals surface area contributed by atoms with E-state index in [1.807, 2.05) is 6.92 Å².